The van der Waals surface area contributed by atoms with E-state index in [1.54, 1.807) is 0 Å². The van der Waals surface area contributed by atoms with Crippen molar-refractivity contribution in [1.29, 1.82) is 0 Å². The van der Waals surface area contributed by atoms with Gasteiger partial charge in [-0.1, -0.05) is 19.9 Å². The zero-order valence-corrected chi connectivity index (χ0v) is 14.1. The molecule has 2 rings (SSSR count). The van der Waals surface area contributed by atoms with Crippen LogP contribution in [0.15, 0.2) is 18.2 Å². The van der Waals surface area contributed by atoms with Crippen LogP contribution in [0.3, 0.4) is 0 Å². The molecule has 2 N–H and O–H groups in total. The van der Waals surface area contributed by atoms with Crippen molar-refractivity contribution >= 4 is 11.8 Å². The molecule has 2 amide bonds. The van der Waals surface area contributed by atoms with Crippen molar-refractivity contribution in [3.05, 3.63) is 29.3 Å². The first-order chi connectivity index (χ1) is 11.0. The van der Waals surface area contributed by atoms with E-state index in [0.29, 0.717) is 24.6 Å². The number of rotatable bonds is 5. The summed E-state index contributed by atoms with van der Waals surface area (Å²) in [5.74, 6) is 0.763. The van der Waals surface area contributed by atoms with Crippen LogP contribution in [-0.2, 0) is 9.59 Å². The van der Waals surface area contributed by atoms with Gasteiger partial charge in [-0.05, 0) is 55.4 Å². The number of hydrogen-bond acceptors (Lipinski definition) is 3. The molecular weight excluding hydrogens is 292 g/mol. The Kier molecular flexibility index (Phi) is 6.02. The molecule has 1 aromatic carbocycles. The van der Waals surface area contributed by atoms with Crippen LogP contribution in [0.2, 0.25) is 0 Å². The Morgan fingerprint density at radius 1 is 1.39 bits per heavy atom. The fraction of sp³-hybridized carbons (Fsp3) is 0.556. The van der Waals surface area contributed by atoms with Gasteiger partial charge < -0.3 is 15.4 Å². The topological polar surface area (TPSA) is 67.4 Å². The van der Waals surface area contributed by atoms with E-state index < -0.39 is 6.04 Å². The van der Waals surface area contributed by atoms with Gasteiger partial charge in [-0.2, -0.15) is 0 Å². The summed E-state index contributed by atoms with van der Waals surface area (Å²) in [5.41, 5.74) is 2.43. The van der Waals surface area contributed by atoms with Crippen LogP contribution < -0.4 is 15.4 Å². The maximum absolute atomic E-state index is 12.0. The second kappa shape index (κ2) is 7.99. The lowest BCUT2D eigenvalue weighted by Crippen LogP contribution is -2.46. The van der Waals surface area contributed by atoms with Crippen LogP contribution in [0.1, 0.15) is 50.2 Å². The van der Waals surface area contributed by atoms with Crippen LogP contribution in [0.5, 0.6) is 5.75 Å². The SMILES string of the molecule is Cc1cc(OCC(=O)N[C@H]2CCCCNC2=O)ccc1C(C)C. The summed E-state index contributed by atoms with van der Waals surface area (Å²) in [5, 5.41) is 5.55. The van der Waals surface area contributed by atoms with Crippen LogP contribution >= 0.6 is 0 Å². The quantitative estimate of drug-likeness (QED) is 0.875. The summed E-state index contributed by atoms with van der Waals surface area (Å²) in [6.45, 7) is 6.94. The van der Waals surface area contributed by atoms with Crippen LogP contribution in [0.4, 0.5) is 0 Å². The van der Waals surface area contributed by atoms with Crippen molar-refractivity contribution in [3.63, 3.8) is 0 Å². The third-order valence-electron chi connectivity index (χ3n) is 4.10. The van der Waals surface area contributed by atoms with Gasteiger partial charge in [0.1, 0.15) is 11.8 Å². The zero-order chi connectivity index (χ0) is 16.8. The molecule has 1 atom stereocenters. The maximum Gasteiger partial charge on any atom is 0.258 e. The molecule has 0 bridgehead atoms. The van der Waals surface area contributed by atoms with Gasteiger partial charge >= 0.3 is 0 Å². The lowest BCUT2D eigenvalue weighted by molar-refractivity contribution is -0.129. The molecule has 23 heavy (non-hydrogen) atoms. The Balaban J connectivity index is 1.86. The van der Waals surface area contributed by atoms with Gasteiger partial charge in [0.05, 0.1) is 0 Å². The largest absolute Gasteiger partial charge is 0.484 e. The van der Waals surface area contributed by atoms with Gasteiger partial charge in [-0.25, -0.2) is 0 Å². The highest BCUT2D eigenvalue weighted by molar-refractivity contribution is 5.88. The van der Waals surface area contributed by atoms with Crippen molar-refractivity contribution in [2.75, 3.05) is 13.2 Å². The lowest BCUT2D eigenvalue weighted by atomic mass is 9.98. The van der Waals surface area contributed by atoms with Crippen LogP contribution in [0, 0.1) is 6.92 Å². The summed E-state index contributed by atoms with van der Waals surface area (Å²) in [6, 6.07) is 5.42. The number of benzene rings is 1. The molecule has 0 unspecified atom stereocenters. The van der Waals surface area contributed by atoms with E-state index in [1.165, 1.54) is 5.56 Å². The minimum atomic E-state index is -0.446. The van der Waals surface area contributed by atoms with Gasteiger partial charge in [0.15, 0.2) is 6.61 Å². The minimum absolute atomic E-state index is 0.0791. The Morgan fingerprint density at radius 3 is 2.87 bits per heavy atom. The minimum Gasteiger partial charge on any atom is -0.484 e. The lowest BCUT2D eigenvalue weighted by Gasteiger charge is -2.16. The number of hydrogen-bond donors (Lipinski definition) is 2. The van der Waals surface area contributed by atoms with Gasteiger partial charge in [0.25, 0.3) is 5.91 Å². The van der Waals surface area contributed by atoms with Gasteiger partial charge in [0.2, 0.25) is 5.91 Å². The fourth-order valence-electron chi connectivity index (χ4n) is 2.85. The van der Waals surface area contributed by atoms with Crippen molar-refractivity contribution in [2.45, 2.75) is 52.0 Å². The molecular formula is C18H26N2O3. The Hall–Kier alpha value is -2.04. The molecule has 1 aliphatic rings. The number of nitrogens with one attached hydrogen (secondary N) is 2. The summed E-state index contributed by atoms with van der Waals surface area (Å²) >= 11 is 0. The number of ether oxygens (including phenoxy) is 1. The fourth-order valence-corrected chi connectivity index (χ4v) is 2.85. The first kappa shape index (κ1) is 17.3. The second-order valence-corrected chi connectivity index (χ2v) is 6.37. The molecule has 1 heterocycles. The first-order valence-electron chi connectivity index (χ1n) is 8.28. The van der Waals surface area contributed by atoms with E-state index in [9.17, 15) is 9.59 Å². The number of carbonyl (C=O) groups excluding carboxylic acids is 2. The average molecular weight is 318 g/mol. The summed E-state index contributed by atoms with van der Waals surface area (Å²) < 4.78 is 5.55. The number of amides is 2. The van der Waals surface area contributed by atoms with Gasteiger partial charge in [-0.3, -0.25) is 9.59 Å². The molecule has 1 saturated heterocycles. The Bertz CT molecular complexity index is 569. The van der Waals surface area contributed by atoms with E-state index in [2.05, 4.69) is 24.5 Å². The predicted octanol–water partition coefficient (Wildman–Crippen LogP) is 2.28. The van der Waals surface area contributed by atoms with E-state index >= 15 is 0 Å². The zero-order valence-electron chi connectivity index (χ0n) is 14.1. The molecule has 0 saturated carbocycles. The van der Waals surface area contributed by atoms with Gasteiger partial charge in [-0.15, -0.1) is 0 Å². The second-order valence-electron chi connectivity index (χ2n) is 6.37. The molecule has 0 radical (unpaired) electrons. The van der Waals surface area contributed by atoms with Crippen molar-refractivity contribution < 1.29 is 14.3 Å². The molecule has 0 aromatic heterocycles. The standard InChI is InChI=1S/C18H26N2O3/c1-12(2)15-8-7-14(10-13(15)3)23-11-17(21)20-16-6-4-5-9-19-18(16)22/h7-8,10,12,16H,4-6,9,11H2,1-3H3,(H,19,22)(H,20,21)/t16-/m0/s1. The third kappa shape index (κ3) is 4.98. The average Bonchev–Trinajstić information content (AvgIpc) is 2.70. The monoisotopic (exact) mass is 318 g/mol. The highest BCUT2D eigenvalue weighted by atomic mass is 16.5. The smallest absolute Gasteiger partial charge is 0.258 e. The van der Waals surface area contributed by atoms with Crippen LogP contribution in [0.25, 0.3) is 0 Å². The molecule has 126 valence electrons. The third-order valence-corrected chi connectivity index (χ3v) is 4.10. The molecule has 1 aliphatic heterocycles. The first-order valence-corrected chi connectivity index (χ1v) is 8.28. The molecule has 5 heteroatoms. The number of aryl methyl sites for hydroxylation is 1. The molecule has 1 fully saturated rings. The van der Waals surface area contributed by atoms with Crippen molar-refractivity contribution in [2.24, 2.45) is 0 Å². The van der Waals surface area contributed by atoms with E-state index in [0.717, 1.165) is 18.4 Å². The predicted molar refractivity (Wildman–Crippen MR) is 89.6 cm³/mol. The molecule has 0 aliphatic carbocycles. The van der Waals surface area contributed by atoms with Crippen LogP contribution in [-0.4, -0.2) is 31.0 Å². The van der Waals surface area contributed by atoms with Crippen molar-refractivity contribution in [3.8, 4) is 5.75 Å². The highest BCUT2D eigenvalue weighted by Crippen LogP contribution is 2.23. The number of carbonyl (C=O) groups is 2. The maximum atomic E-state index is 12.0. The molecule has 1 aromatic rings. The summed E-state index contributed by atoms with van der Waals surface area (Å²) in [4.78, 5) is 23.8. The Labute approximate surface area is 137 Å². The normalized spacial score (nSPS) is 18.3. The molecule has 0 spiro atoms. The van der Waals surface area contributed by atoms with E-state index in [4.69, 9.17) is 4.74 Å². The van der Waals surface area contributed by atoms with E-state index in [1.807, 2.05) is 25.1 Å². The summed E-state index contributed by atoms with van der Waals surface area (Å²) in [7, 11) is 0. The van der Waals surface area contributed by atoms with Gasteiger partial charge in [0, 0.05) is 6.54 Å². The van der Waals surface area contributed by atoms with E-state index in [-0.39, 0.29) is 18.4 Å². The van der Waals surface area contributed by atoms with Crippen molar-refractivity contribution in [1.82, 2.24) is 10.6 Å². The molecule has 5 nitrogen and oxygen atoms in total. The Morgan fingerprint density at radius 2 is 2.17 bits per heavy atom. The summed E-state index contributed by atoms with van der Waals surface area (Å²) in [6.07, 6.45) is 2.57. The highest BCUT2D eigenvalue weighted by Gasteiger charge is 2.22.